The molecular weight excluding hydrogens is 146 g/mol. The number of amidine groups is 1. The number of pyridine rings is 1. The molecule has 0 aliphatic rings. The summed E-state index contributed by atoms with van der Waals surface area (Å²) >= 11 is 3.76. The van der Waals surface area contributed by atoms with Crippen molar-refractivity contribution in [2.45, 2.75) is 0 Å². The van der Waals surface area contributed by atoms with E-state index in [2.05, 4.69) is 22.9 Å². The van der Waals surface area contributed by atoms with Crippen LogP contribution in [0.5, 0.6) is 0 Å². The van der Waals surface area contributed by atoms with E-state index < -0.39 is 0 Å². The van der Waals surface area contributed by atoms with Gasteiger partial charge in [-0.2, -0.15) is 0 Å². The van der Waals surface area contributed by atoms with Crippen molar-refractivity contribution in [3.63, 3.8) is 0 Å². The normalized spacial score (nSPS) is 8.90. The summed E-state index contributed by atoms with van der Waals surface area (Å²) in [5, 5.41) is 9.81. The van der Waals surface area contributed by atoms with Gasteiger partial charge in [0.2, 0.25) is 0 Å². The van der Waals surface area contributed by atoms with Crippen molar-refractivity contribution >= 4 is 23.5 Å². The predicted octanol–water partition coefficient (Wildman–Crippen LogP) is 1.36. The van der Waals surface area contributed by atoms with Crippen LogP contribution in [0.15, 0.2) is 24.5 Å². The van der Waals surface area contributed by atoms with E-state index in [0.29, 0.717) is 0 Å². The number of aromatic nitrogens is 1. The number of hydrogen-bond donors (Lipinski definition) is 3. The van der Waals surface area contributed by atoms with Gasteiger partial charge in [-0.25, -0.2) is 0 Å². The SMILES string of the molecule is N=C(S)Nc1ccncc1. The number of thiol groups is 1. The first-order chi connectivity index (χ1) is 4.79. The summed E-state index contributed by atoms with van der Waals surface area (Å²) in [6.45, 7) is 0. The zero-order valence-corrected chi connectivity index (χ0v) is 6.10. The fourth-order valence-corrected chi connectivity index (χ4v) is 0.701. The smallest absolute Gasteiger partial charge is 0.155 e. The van der Waals surface area contributed by atoms with Crippen molar-refractivity contribution in [2.75, 3.05) is 5.32 Å². The van der Waals surface area contributed by atoms with Gasteiger partial charge in [0.05, 0.1) is 0 Å². The van der Waals surface area contributed by atoms with Crippen LogP contribution in [0.25, 0.3) is 0 Å². The van der Waals surface area contributed by atoms with Gasteiger partial charge in [-0.3, -0.25) is 10.4 Å². The third kappa shape index (κ3) is 2.06. The Morgan fingerprint density at radius 2 is 2.10 bits per heavy atom. The maximum absolute atomic E-state index is 6.96. The summed E-state index contributed by atoms with van der Waals surface area (Å²) < 4.78 is 0. The third-order valence-electron chi connectivity index (χ3n) is 0.943. The molecular formula is C6H7N3S. The molecule has 0 aromatic carbocycles. The van der Waals surface area contributed by atoms with Crippen molar-refractivity contribution in [2.24, 2.45) is 0 Å². The molecule has 0 fully saturated rings. The first-order valence-corrected chi connectivity index (χ1v) is 3.18. The topological polar surface area (TPSA) is 48.8 Å². The van der Waals surface area contributed by atoms with Gasteiger partial charge in [-0.15, -0.1) is 12.6 Å². The van der Waals surface area contributed by atoms with Crippen LogP contribution in [-0.2, 0) is 0 Å². The molecule has 1 heterocycles. The minimum absolute atomic E-state index is 0.131. The monoisotopic (exact) mass is 153 g/mol. The zero-order valence-electron chi connectivity index (χ0n) is 5.20. The fraction of sp³-hybridized carbons (Fsp3) is 0. The average molecular weight is 153 g/mol. The van der Waals surface area contributed by atoms with Crippen molar-refractivity contribution in [1.29, 1.82) is 5.41 Å². The third-order valence-corrected chi connectivity index (χ3v) is 1.05. The molecule has 0 aliphatic heterocycles. The Hall–Kier alpha value is -1.03. The summed E-state index contributed by atoms with van der Waals surface area (Å²) in [6.07, 6.45) is 3.30. The minimum Gasteiger partial charge on any atom is -0.335 e. The molecule has 0 amide bonds. The number of nitrogens with one attached hydrogen (secondary N) is 2. The van der Waals surface area contributed by atoms with Crippen molar-refractivity contribution in [3.8, 4) is 0 Å². The number of anilines is 1. The molecule has 1 aromatic heterocycles. The molecule has 0 spiro atoms. The molecule has 0 aliphatic carbocycles. The van der Waals surface area contributed by atoms with Gasteiger partial charge in [0.1, 0.15) is 0 Å². The van der Waals surface area contributed by atoms with Crippen LogP contribution in [0, 0.1) is 5.41 Å². The van der Waals surface area contributed by atoms with Gasteiger partial charge in [0, 0.05) is 18.1 Å². The van der Waals surface area contributed by atoms with Gasteiger partial charge in [-0.05, 0) is 12.1 Å². The van der Waals surface area contributed by atoms with Crippen molar-refractivity contribution < 1.29 is 0 Å². The lowest BCUT2D eigenvalue weighted by molar-refractivity contribution is 1.33. The van der Waals surface area contributed by atoms with E-state index in [9.17, 15) is 0 Å². The predicted molar refractivity (Wildman–Crippen MR) is 44.6 cm³/mol. The Balaban J connectivity index is 2.67. The Morgan fingerprint density at radius 3 is 2.60 bits per heavy atom. The molecule has 4 heteroatoms. The lowest BCUT2D eigenvalue weighted by atomic mass is 10.4. The molecule has 2 N–H and O–H groups in total. The second-order valence-electron chi connectivity index (χ2n) is 1.71. The molecule has 0 saturated carbocycles. The molecule has 10 heavy (non-hydrogen) atoms. The molecule has 0 saturated heterocycles. The molecule has 1 rings (SSSR count). The largest absolute Gasteiger partial charge is 0.335 e. The second-order valence-corrected chi connectivity index (χ2v) is 2.16. The lowest BCUT2D eigenvalue weighted by Crippen LogP contribution is -2.01. The molecule has 0 unspecified atom stereocenters. The highest BCUT2D eigenvalue weighted by Gasteiger charge is 1.88. The van der Waals surface area contributed by atoms with Crippen molar-refractivity contribution in [1.82, 2.24) is 4.98 Å². The summed E-state index contributed by atoms with van der Waals surface area (Å²) in [4.78, 5) is 3.82. The Kier molecular flexibility index (Phi) is 2.28. The quantitative estimate of drug-likeness (QED) is 0.324. The number of rotatable bonds is 1. The Bertz CT molecular complexity index is 222. The highest BCUT2D eigenvalue weighted by Crippen LogP contribution is 2.02. The summed E-state index contributed by atoms with van der Waals surface area (Å²) in [5.74, 6) is 0. The van der Waals surface area contributed by atoms with Crippen LogP contribution in [0.4, 0.5) is 5.69 Å². The van der Waals surface area contributed by atoms with Gasteiger partial charge in [0.15, 0.2) is 5.17 Å². The average Bonchev–Trinajstić information content (AvgIpc) is 1.88. The maximum Gasteiger partial charge on any atom is 0.155 e. The molecule has 0 radical (unpaired) electrons. The molecule has 3 nitrogen and oxygen atoms in total. The highest BCUT2D eigenvalue weighted by molar-refractivity contribution is 7.97. The first-order valence-electron chi connectivity index (χ1n) is 2.73. The molecule has 52 valence electrons. The van der Waals surface area contributed by atoms with E-state index in [4.69, 9.17) is 5.41 Å². The lowest BCUT2D eigenvalue weighted by Gasteiger charge is -1.99. The molecule has 0 bridgehead atoms. The second kappa shape index (κ2) is 3.22. The van der Waals surface area contributed by atoms with Crippen LogP contribution >= 0.6 is 12.6 Å². The highest BCUT2D eigenvalue weighted by atomic mass is 32.1. The van der Waals surface area contributed by atoms with E-state index in [1.807, 2.05) is 0 Å². The summed E-state index contributed by atoms with van der Waals surface area (Å²) in [7, 11) is 0. The number of hydrogen-bond acceptors (Lipinski definition) is 2. The van der Waals surface area contributed by atoms with Crippen LogP contribution in [0.2, 0.25) is 0 Å². The molecule has 1 aromatic rings. The number of nitrogens with zero attached hydrogens (tertiary/aromatic N) is 1. The summed E-state index contributed by atoms with van der Waals surface area (Å²) in [6, 6.07) is 3.54. The Labute approximate surface area is 64.4 Å². The van der Waals surface area contributed by atoms with E-state index in [1.165, 1.54) is 0 Å². The zero-order chi connectivity index (χ0) is 7.40. The van der Waals surface area contributed by atoms with E-state index in [1.54, 1.807) is 24.5 Å². The fourth-order valence-electron chi connectivity index (χ4n) is 0.572. The maximum atomic E-state index is 6.96. The first kappa shape index (κ1) is 7.08. The van der Waals surface area contributed by atoms with Gasteiger partial charge >= 0.3 is 0 Å². The van der Waals surface area contributed by atoms with Crippen LogP contribution in [-0.4, -0.2) is 10.2 Å². The Morgan fingerprint density at radius 1 is 1.50 bits per heavy atom. The van der Waals surface area contributed by atoms with Crippen LogP contribution in [0.1, 0.15) is 0 Å². The standard InChI is InChI=1S/C6H7N3S/c7-6(10)9-5-1-3-8-4-2-5/h1-4H,(H3,7,8,9,10). The van der Waals surface area contributed by atoms with E-state index in [0.717, 1.165) is 5.69 Å². The van der Waals surface area contributed by atoms with E-state index >= 15 is 0 Å². The molecule has 0 atom stereocenters. The van der Waals surface area contributed by atoms with Gasteiger partial charge in [0.25, 0.3) is 0 Å². The van der Waals surface area contributed by atoms with E-state index in [-0.39, 0.29) is 5.17 Å². The van der Waals surface area contributed by atoms with Gasteiger partial charge < -0.3 is 5.32 Å². The van der Waals surface area contributed by atoms with Crippen LogP contribution in [0.3, 0.4) is 0 Å². The van der Waals surface area contributed by atoms with Crippen molar-refractivity contribution in [3.05, 3.63) is 24.5 Å². The van der Waals surface area contributed by atoms with Gasteiger partial charge in [-0.1, -0.05) is 0 Å². The minimum atomic E-state index is 0.131. The summed E-state index contributed by atoms with van der Waals surface area (Å²) in [5.41, 5.74) is 0.829. The van der Waals surface area contributed by atoms with Crippen LogP contribution < -0.4 is 5.32 Å².